The van der Waals surface area contributed by atoms with Crippen LogP contribution < -0.4 is 10.8 Å². The van der Waals surface area contributed by atoms with Gasteiger partial charge in [-0.15, -0.1) is 5.06 Å². The Hall–Kier alpha value is -1.34. The first-order valence-electron chi connectivity index (χ1n) is 9.78. The van der Waals surface area contributed by atoms with Gasteiger partial charge in [0.05, 0.1) is 5.70 Å². The van der Waals surface area contributed by atoms with Crippen LogP contribution in [0.3, 0.4) is 0 Å². The molecule has 1 aromatic carbocycles. The number of nitrogens with one attached hydrogen (secondary N) is 2. The molecule has 0 aromatic heterocycles. The second kappa shape index (κ2) is 8.35. The molecule has 0 atom stereocenters. The fourth-order valence-corrected chi connectivity index (χ4v) is 4.41. The van der Waals surface area contributed by atoms with Crippen molar-refractivity contribution in [3.8, 4) is 0 Å². The van der Waals surface area contributed by atoms with E-state index in [9.17, 15) is 0 Å². The van der Waals surface area contributed by atoms with Crippen LogP contribution in [-0.2, 0) is 9.68 Å². The average molecular weight is 408 g/mol. The molecule has 0 unspecified atom stereocenters. The SMILES string of the molecule is S=C(NC1CCCCC1)ON1CCC2(C=C(c3ccc(Cl)cc3)NO2)CC1. The van der Waals surface area contributed by atoms with Crippen molar-refractivity contribution in [2.24, 2.45) is 0 Å². The number of piperidine rings is 1. The Morgan fingerprint density at radius 3 is 2.59 bits per heavy atom. The molecule has 4 rings (SSSR count). The van der Waals surface area contributed by atoms with Gasteiger partial charge in [-0.25, -0.2) is 0 Å². The molecule has 2 fully saturated rings. The lowest BCUT2D eigenvalue weighted by atomic mass is 9.91. The standard InChI is InChI=1S/C20H26ClN3O2S/c21-16-8-6-15(7-9-16)18-14-20(26-23-18)10-12-24(13-11-20)25-19(27)22-17-4-2-1-3-5-17/h6-9,14,17,23H,1-5,10-13H2,(H,22,27). The van der Waals surface area contributed by atoms with Gasteiger partial charge >= 0.3 is 0 Å². The van der Waals surface area contributed by atoms with Gasteiger partial charge in [0.15, 0.2) is 0 Å². The van der Waals surface area contributed by atoms with Gasteiger partial charge in [-0.3, -0.25) is 10.3 Å². The van der Waals surface area contributed by atoms with Crippen LogP contribution in [0.25, 0.3) is 5.70 Å². The van der Waals surface area contributed by atoms with Crippen molar-refractivity contribution < 1.29 is 9.68 Å². The molecule has 1 aromatic rings. The molecule has 3 aliphatic rings. The molecule has 2 N–H and O–H groups in total. The van der Waals surface area contributed by atoms with Gasteiger partial charge in [0.1, 0.15) is 5.60 Å². The fourth-order valence-electron chi connectivity index (χ4n) is 4.01. The third kappa shape index (κ3) is 4.74. The van der Waals surface area contributed by atoms with Gasteiger partial charge < -0.3 is 10.2 Å². The minimum Gasteiger partial charge on any atom is -0.376 e. The number of halogens is 1. The predicted octanol–water partition coefficient (Wildman–Crippen LogP) is 4.19. The number of nitrogens with zero attached hydrogens (tertiary/aromatic N) is 1. The van der Waals surface area contributed by atoms with E-state index in [0.717, 1.165) is 42.2 Å². The lowest BCUT2D eigenvalue weighted by Gasteiger charge is -2.36. The van der Waals surface area contributed by atoms with E-state index >= 15 is 0 Å². The first-order valence-corrected chi connectivity index (χ1v) is 10.6. The van der Waals surface area contributed by atoms with Crippen LogP contribution in [0.4, 0.5) is 0 Å². The van der Waals surface area contributed by atoms with E-state index in [-0.39, 0.29) is 5.60 Å². The fraction of sp³-hybridized carbons (Fsp3) is 0.550. The summed E-state index contributed by atoms with van der Waals surface area (Å²) in [6, 6.07) is 8.24. The average Bonchev–Trinajstić information content (AvgIpc) is 3.09. The molecule has 0 bridgehead atoms. The molecule has 146 valence electrons. The normalized spacial score (nSPS) is 22.9. The molecule has 1 aliphatic carbocycles. The number of hydrogen-bond acceptors (Lipinski definition) is 5. The van der Waals surface area contributed by atoms with Crippen LogP contribution in [0, 0.1) is 0 Å². The summed E-state index contributed by atoms with van der Waals surface area (Å²) in [5, 5.41) is 6.54. The minimum atomic E-state index is -0.284. The highest BCUT2D eigenvalue weighted by Gasteiger charge is 2.39. The second-order valence-electron chi connectivity index (χ2n) is 7.62. The zero-order valence-corrected chi connectivity index (χ0v) is 17.0. The van der Waals surface area contributed by atoms with Crippen molar-refractivity contribution in [3.05, 3.63) is 40.9 Å². The van der Waals surface area contributed by atoms with Crippen LogP contribution in [0.2, 0.25) is 5.02 Å². The maximum Gasteiger partial charge on any atom is 0.278 e. The Morgan fingerprint density at radius 2 is 1.89 bits per heavy atom. The number of thiocarbonyl (C=S) groups is 1. The monoisotopic (exact) mass is 407 g/mol. The number of rotatable bonds is 3. The summed E-state index contributed by atoms with van der Waals surface area (Å²) >= 11 is 11.4. The zero-order chi connectivity index (χ0) is 18.7. The summed E-state index contributed by atoms with van der Waals surface area (Å²) in [4.78, 5) is 11.8. The Bertz CT molecular complexity index is 696. The lowest BCUT2D eigenvalue weighted by Crippen LogP contribution is -2.47. The molecule has 5 nitrogen and oxygen atoms in total. The lowest BCUT2D eigenvalue weighted by molar-refractivity contribution is -0.144. The topological polar surface area (TPSA) is 45.8 Å². The molecule has 1 saturated heterocycles. The van der Waals surface area contributed by atoms with Gasteiger partial charge in [0.25, 0.3) is 5.17 Å². The van der Waals surface area contributed by atoms with E-state index in [2.05, 4.69) is 16.9 Å². The first kappa shape index (κ1) is 19.0. The highest BCUT2D eigenvalue weighted by molar-refractivity contribution is 7.80. The highest BCUT2D eigenvalue weighted by Crippen LogP contribution is 2.35. The van der Waals surface area contributed by atoms with Gasteiger partial charge in [-0.05, 0) is 61.7 Å². The highest BCUT2D eigenvalue weighted by atomic mass is 35.5. The maximum absolute atomic E-state index is 5.97. The van der Waals surface area contributed by atoms with Crippen LogP contribution in [-0.4, -0.2) is 35.0 Å². The summed E-state index contributed by atoms with van der Waals surface area (Å²) in [6.45, 7) is 1.55. The molecule has 0 amide bonds. The summed E-state index contributed by atoms with van der Waals surface area (Å²) < 4.78 is 0. The summed E-state index contributed by atoms with van der Waals surface area (Å²) in [5.41, 5.74) is 4.87. The molecule has 2 heterocycles. The van der Waals surface area contributed by atoms with Crippen LogP contribution in [0.1, 0.15) is 50.5 Å². The molecule has 1 spiro atoms. The van der Waals surface area contributed by atoms with E-state index < -0.39 is 0 Å². The first-order chi connectivity index (χ1) is 13.1. The zero-order valence-electron chi connectivity index (χ0n) is 15.4. The number of hydrogen-bond donors (Lipinski definition) is 2. The smallest absolute Gasteiger partial charge is 0.278 e. The van der Waals surface area contributed by atoms with Gasteiger partial charge in [0.2, 0.25) is 0 Å². The van der Waals surface area contributed by atoms with Gasteiger partial charge in [0, 0.05) is 24.2 Å². The van der Waals surface area contributed by atoms with Crippen molar-refractivity contribution >= 4 is 34.7 Å². The molecule has 7 heteroatoms. The molecule has 2 aliphatic heterocycles. The Morgan fingerprint density at radius 1 is 1.19 bits per heavy atom. The van der Waals surface area contributed by atoms with E-state index in [1.54, 1.807) is 0 Å². The maximum atomic E-state index is 5.97. The van der Waals surface area contributed by atoms with Crippen LogP contribution >= 0.6 is 23.8 Å². The quantitative estimate of drug-likeness (QED) is 0.732. The van der Waals surface area contributed by atoms with Crippen LogP contribution in [0.15, 0.2) is 30.3 Å². The van der Waals surface area contributed by atoms with Gasteiger partial charge in [-0.2, -0.15) is 0 Å². The summed E-state index contributed by atoms with van der Waals surface area (Å²) in [5.74, 6) is 0. The second-order valence-corrected chi connectivity index (χ2v) is 8.43. The van der Waals surface area contributed by atoms with E-state index in [4.69, 9.17) is 33.5 Å². The van der Waals surface area contributed by atoms with E-state index in [1.165, 1.54) is 32.1 Å². The Kier molecular flexibility index (Phi) is 5.88. The summed E-state index contributed by atoms with van der Waals surface area (Å²) in [6.07, 6.45) is 10.1. The Balaban J connectivity index is 1.28. The molecular formula is C20H26ClN3O2S. The van der Waals surface area contributed by atoms with Gasteiger partial charge in [-0.1, -0.05) is 43.0 Å². The molecular weight excluding hydrogens is 382 g/mol. The van der Waals surface area contributed by atoms with Crippen molar-refractivity contribution in [1.82, 2.24) is 15.9 Å². The largest absolute Gasteiger partial charge is 0.376 e. The third-order valence-corrected chi connectivity index (χ3v) is 6.08. The van der Waals surface area contributed by atoms with Crippen LogP contribution in [0.5, 0.6) is 0 Å². The third-order valence-electron chi connectivity index (χ3n) is 5.63. The molecule has 1 saturated carbocycles. The van der Waals surface area contributed by atoms with Crippen molar-refractivity contribution in [3.63, 3.8) is 0 Å². The number of benzene rings is 1. The summed E-state index contributed by atoms with van der Waals surface area (Å²) in [7, 11) is 0. The Labute approximate surface area is 170 Å². The van der Waals surface area contributed by atoms with Crippen molar-refractivity contribution in [2.45, 2.75) is 56.6 Å². The molecule has 27 heavy (non-hydrogen) atoms. The molecule has 0 radical (unpaired) electrons. The van der Waals surface area contributed by atoms with Crippen molar-refractivity contribution in [2.75, 3.05) is 13.1 Å². The van der Waals surface area contributed by atoms with E-state index in [1.807, 2.05) is 29.3 Å². The van der Waals surface area contributed by atoms with E-state index in [0.29, 0.717) is 11.2 Å². The minimum absolute atomic E-state index is 0.284. The predicted molar refractivity (Wildman–Crippen MR) is 111 cm³/mol. The van der Waals surface area contributed by atoms with Crippen molar-refractivity contribution in [1.29, 1.82) is 0 Å². The number of hydroxylamine groups is 3.